The topological polar surface area (TPSA) is 94.9 Å². The first kappa shape index (κ1) is 18.8. The molecule has 0 unspecified atom stereocenters. The van der Waals surface area contributed by atoms with E-state index in [1.165, 1.54) is 0 Å². The summed E-state index contributed by atoms with van der Waals surface area (Å²) in [5.74, 6) is -2.48. The zero-order chi connectivity index (χ0) is 17.4. The molecular weight excluding hydrogens is 298 g/mol. The van der Waals surface area contributed by atoms with Gasteiger partial charge >= 0.3 is 11.9 Å². The largest absolute Gasteiger partial charge is 0.480 e. The molecule has 0 amide bonds. The summed E-state index contributed by atoms with van der Waals surface area (Å²) in [6, 6.07) is 5.93. The van der Waals surface area contributed by atoms with Crippen molar-refractivity contribution >= 4 is 17.7 Å². The van der Waals surface area contributed by atoms with Crippen molar-refractivity contribution < 1.29 is 24.6 Å². The van der Waals surface area contributed by atoms with Crippen LogP contribution in [0.3, 0.4) is 0 Å². The van der Waals surface area contributed by atoms with Gasteiger partial charge in [-0.05, 0) is 29.5 Å². The number of carboxylic acids is 2. The normalized spacial score (nSPS) is 10.7. The number of rotatable bonds is 10. The Morgan fingerprint density at radius 2 is 1.39 bits per heavy atom. The molecule has 0 atom stereocenters. The van der Waals surface area contributed by atoms with Crippen LogP contribution in [0.5, 0.6) is 0 Å². The number of benzene rings is 1. The molecule has 6 nitrogen and oxygen atoms in total. The first-order chi connectivity index (χ1) is 10.9. The van der Waals surface area contributed by atoms with Crippen molar-refractivity contribution in [3.63, 3.8) is 0 Å². The molecule has 6 heteroatoms. The first-order valence-corrected chi connectivity index (χ1v) is 7.64. The number of aryl methyl sites for hydroxylation is 2. The van der Waals surface area contributed by atoms with Crippen LogP contribution < -0.4 is 0 Å². The fourth-order valence-electron chi connectivity index (χ4n) is 2.63. The minimum atomic E-state index is -1.15. The molecule has 0 radical (unpaired) electrons. The van der Waals surface area contributed by atoms with E-state index in [-0.39, 0.29) is 18.7 Å². The number of Topliss-reactive ketones (excluding diaryl/α,β-unsaturated/α-hetero) is 1. The molecule has 0 spiro atoms. The van der Waals surface area contributed by atoms with E-state index in [1.807, 2.05) is 32.0 Å². The lowest BCUT2D eigenvalue weighted by atomic mass is 9.93. The summed E-state index contributed by atoms with van der Waals surface area (Å²) in [7, 11) is 0. The van der Waals surface area contributed by atoms with Gasteiger partial charge < -0.3 is 10.2 Å². The van der Waals surface area contributed by atoms with Crippen molar-refractivity contribution in [3.05, 3.63) is 34.9 Å². The van der Waals surface area contributed by atoms with Crippen molar-refractivity contribution in [2.75, 3.05) is 19.6 Å². The maximum Gasteiger partial charge on any atom is 0.317 e. The number of hydrogen-bond donors (Lipinski definition) is 2. The Morgan fingerprint density at radius 1 is 0.913 bits per heavy atom. The van der Waals surface area contributed by atoms with Gasteiger partial charge in [0.15, 0.2) is 5.78 Å². The predicted octanol–water partition coefficient (Wildman–Crippen LogP) is 1.39. The van der Waals surface area contributed by atoms with E-state index in [0.29, 0.717) is 0 Å². The van der Waals surface area contributed by atoms with Crippen LogP contribution in [0, 0.1) is 0 Å². The standard InChI is InChI=1S/C17H23NO5/c1-3-12-6-5-7-13(4-2)15(12)8-14(19)9-18(10-16(20)21)11-17(22)23/h5-7H,3-4,8-11H2,1-2H3,(H,20,21)(H,22,23). The van der Waals surface area contributed by atoms with Gasteiger partial charge in [-0.3, -0.25) is 19.3 Å². The van der Waals surface area contributed by atoms with Crippen molar-refractivity contribution in [1.82, 2.24) is 4.90 Å². The summed E-state index contributed by atoms with van der Waals surface area (Å²) in [6.45, 7) is 2.93. The summed E-state index contributed by atoms with van der Waals surface area (Å²) >= 11 is 0. The van der Waals surface area contributed by atoms with Crippen LogP contribution in [-0.4, -0.2) is 52.5 Å². The third kappa shape index (κ3) is 6.20. The van der Waals surface area contributed by atoms with Crippen LogP contribution in [0.25, 0.3) is 0 Å². The van der Waals surface area contributed by atoms with Crippen LogP contribution in [0.1, 0.15) is 30.5 Å². The molecule has 1 rings (SSSR count). The molecule has 0 fully saturated rings. The summed E-state index contributed by atoms with van der Waals surface area (Å²) in [6.07, 6.45) is 1.82. The van der Waals surface area contributed by atoms with Crippen LogP contribution in [0.2, 0.25) is 0 Å². The Balaban J connectivity index is 2.85. The molecule has 23 heavy (non-hydrogen) atoms. The molecule has 0 saturated heterocycles. The number of aliphatic carboxylic acids is 2. The summed E-state index contributed by atoms with van der Waals surface area (Å²) in [4.78, 5) is 35.0. The number of carbonyl (C=O) groups excluding carboxylic acids is 1. The maximum absolute atomic E-state index is 12.3. The van der Waals surface area contributed by atoms with E-state index in [0.717, 1.165) is 34.4 Å². The molecule has 0 aliphatic carbocycles. The lowest BCUT2D eigenvalue weighted by Crippen LogP contribution is -2.38. The van der Waals surface area contributed by atoms with Crippen molar-refractivity contribution in [2.24, 2.45) is 0 Å². The average Bonchev–Trinajstić information content (AvgIpc) is 2.45. The van der Waals surface area contributed by atoms with Crippen LogP contribution in [0.4, 0.5) is 0 Å². The average molecular weight is 321 g/mol. The number of carbonyl (C=O) groups is 3. The summed E-state index contributed by atoms with van der Waals surface area (Å²) in [5.41, 5.74) is 3.18. The van der Waals surface area contributed by atoms with Gasteiger partial charge in [0.1, 0.15) is 0 Å². The fraction of sp³-hybridized carbons (Fsp3) is 0.471. The van der Waals surface area contributed by atoms with Gasteiger partial charge in [-0.2, -0.15) is 0 Å². The van der Waals surface area contributed by atoms with Gasteiger partial charge in [-0.25, -0.2) is 0 Å². The highest BCUT2D eigenvalue weighted by molar-refractivity contribution is 5.84. The lowest BCUT2D eigenvalue weighted by molar-refractivity contribution is -0.142. The van der Waals surface area contributed by atoms with Gasteiger partial charge in [0, 0.05) is 6.42 Å². The monoisotopic (exact) mass is 321 g/mol. The number of ketones is 1. The summed E-state index contributed by atoms with van der Waals surface area (Å²) < 4.78 is 0. The number of nitrogens with zero attached hydrogens (tertiary/aromatic N) is 1. The van der Waals surface area contributed by atoms with Gasteiger partial charge in [0.2, 0.25) is 0 Å². The van der Waals surface area contributed by atoms with Crippen LogP contribution >= 0.6 is 0 Å². The molecule has 0 aliphatic rings. The van der Waals surface area contributed by atoms with E-state index in [9.17, 15) is 14.4 Å². The van der Waals surface area contributed by atoms with Gasteiger partial charge in [-0.15, -0.1) is 0 Å². The summed E-state index contributed by atoms with van der Waals surface area (Å²) in [5, 5.41) is 17.6. The zero-order valence-corrected chi connectivity index (χ0v) is 13.5. The van der Waals surface area contributed by atoms with E-state index in [4.69, 9.17) is 10.2 Å². The van der Waals surface area contributed by atoms with E-state index in [1.54, 1.807) is 0 Å². The van der Waals surface area contributed by atoms with Gasteiger partial charge in [-0.1, -0.05) is 32.0 Å². The molecule has 1 aromatic rings. The Hall–Kier alpha value is -2.21. The van der Waals surface area contributed by atoms with Crippen LogP contribution in [0.15, 0.2) is 18.2 Å². The van der Waals surface area contributed by atoms with E-state index in [2.05, 4.69) is 0 Å². The van der Waals surface area contributed by atoms with Crippen LogP contribution in [-0.2, 0) is 33.6 Å². The Bertz CT molecular complexity index is 544. The molecule has 0 heterocycles. The third-order valence-corrected chi connectivity index (χ3v) is 3.62. The van der Waals surface area contributed by atoms with Gasteiger partial charge in [0.25, 0.3) is 0 Å². The highest BCUT2D eigenvalue weighted by atomic mass is 16.4. The quantitative estimate of drug-likeness (QED) is 0.676. The molecule has 0 bridgehead atoms. The molecule has 126 valence electrons. The molecule has 0 saturated carbocycles. The fourth-order valence-corrected chi connectivity index (χ4v) is 2.63. The minimum absolute atomic E-state index is 0.178. The molecule has 0 aliphatic heterocycles. The zero-order valence-electron chi connectivity index (χ0n) is 13.5. The lowest BCUT2D eigenvalue weighted by Gasteiger charge is -2.18. The Kier molecular flexibility index (Phi) is 7.41. The molecule has 0 aromatic heterocycles. The molecule has 1 aromatic carbocycles. The highest BCUT2D eigenvalue weighted by Gasteiger charge is 2.18. The SMILES string of the molecule is CCc1cccc(CC)c1CC(=O)CN(CC(=O)O)CC(=O)O. The highest BCUT2D eigenvalue weighted by Crippen LogP contribution is 2.17. The predicted molar refractivity (Wildman–Crippen MR) is 85.6 cm³/mol. The second-order valence-corrected chi connectivity index (χ2v) is 5.41. The third-order valence-electron chi connectivity index (χ3n) is 3.62. The van der Waals surface area contributed by atoms with Crippen molar-refractivity contribution in [3.8, 4) is 0 Å². The smallest absolute Gasteiger partial charge is 0.317 e. The second kappa shape index (κ2) is 9.05. The number of hydrogen-bond acceptors (Lipinski definition) is 4. The van der Waals surface area contributed by atoms with Crippen molar-refractivity contribution in [1.29, 1.82) is 0 Å². The first-order valence-electron chi connectivity index (χ1n) is 7.64. The van der Waals surface area contributed by atoms with Gasteiger partial charge in [0.05, 0.1) is 19.6 Å². The second-order valence-electron chi connectivity index (χ2n) is 5.41. The van der Waals surface area contributed by atoms with Crippen molar-refractivity contribution in [2.45, 2.75) is 33.1 Å². The molecule has 2 N–H and O–H groups in total. The van der Waals surface area contributed by atoms with E-state index < -0.39 is 25.0 Å². The maximum atomic E-state index is 12.3. The number of carboxylic acid groups (broad SMARTS) is 2. The minimum Gasteiger partial charge on any atom is -0.480 e. The Morgan fingerprint density at radius 3 is 1.78 bits per heavy atom. The Labute approximate surface area is 135 Å². The molecular formula is C17H23NO5. The van der Waals surface area contributed by atoms with E-state index >= 15 is 0 Å².